The van der Waals surface area contributed by atoms with Crippen molar-refractivity contribution in [3.05, 3.63) is 45.0 Å². The number of hydrogen-bond donors (Lipinski definition) is 0. The molecule has 0 aromatic heterocycles. The lowest BCUT2D eigenvalue weighted by Gasteiger charge is -2.04. The van der Waals surface area contributed by atoms with E-state index in [0.29, 0.717) is 6.61 Å². The van der Waals surface area contributed by atoms with Gasteiger partial charge in [-0.1, -0.05) is 11.8 Å². The Morgan fingerprint density at radius 1 is 1.47 bits per heavy atom. The highest BCUT2D eigenvalue weighted by Gasteiger charge is 2.22. The third-order valence-corrected chi connectivity index (χ3v) is 3.56. The van der Waals surface area contributed by atoms with Crippen molar-refractivity contribution in [2.45, 2.75) is 19.1 Å². The number of thioether (sulfide) groups is 1. The SMILES string of the molecule is CCOC1=N/C(=C/c2ccc([N+](=O)[O-])cc2)SC1C. The molecule has 5 nitrogen and oxygen atoms in total. The molecule has 0 bridgehead atoms. The van der Waals surface area contributed by atoms with Gasteiger partial charge in [0.2, 0.25) is 5.90 Å². The molecule has 1 aromatic rings. The van der Waals surface area contributed by atoms with Crippen LogP contribution in [-0.4, -0.2) is 22.7 Å². The summed E-state index contributed by atoms with van der Waals surface area (Å²) in [6, 6.07) is 6.40. The average molecular weight is 278 g/mol. The van der Waals surface area contributed by atoms with Crippen LogP contribution in [0.3, 0.4) is 0 Å². The van der Waals surface area contributed by atoms with Crippen LogP contribution in [-0.2, 0) is 4.74 Å². The summed E-state index contributed by atoms with van der Waals surface area (Å²) in [4.78, 5) is 14.6. The minimum absolute atomic E-state index is 0.0908. The Morgan fingerprint density at radius 3 is 2.74 bits per heavy atom. The molecule has 0 saturated heterocycles. The van der Waals surface area contributed by atoms with Crippen LogP contribution in [0, 0.1) is 10.1 Å². The lowest BCUT2D eigenvalue weighted by molar-refractivity contribution is -0.384. The minimum Gasteiger partial charge on any atom is -0.480 e. The van der Waals surface area contributed by atoms with Crippen molar-refractivity contribution in [3.63, 3.8) is 0 Å². The summed E-state index contributed by atoms with van der Waals surface area (Å²) in [5.74, 6) is 0.737. The van der Waals surface area contributed by atoms with Crippen molar-refractivity contribution < 1.29 is 9.66 Å². The quantitative estimate of drug-likeness (QED) is 0.627. The number of nitrogens with zero attached hydrogens (tertiary/aromatic N) is 2. The predicted molar refractivity (Wildman–Crippen MR) is 77.2 cm³/mol. The van der Waals surface area contributed by atoms with Crippen molar-refractivity contribution in [1.82, 2.24) is 0 Å². The summed E-state index contributed by atoms with van der Waals surface area (Å²) in [6.07, 6.45) is 1.90. The van der Waals surface area contributed by atoms with Crippen molar-refractivity contribution in [2.75, 3.05) is 6.61 Å². The van der Waals surface area contributed by atoms with E-state index in [9.17, 15) is 10.1 Å². The van der Waals surface area contributed by atoms with Gasteiger partial charge < -0.3 is 4.74 Å². The molecule has 0 fully saturated rings. The number of rotatable bonds is 3. The van der Waals surface area contributed by atoms with E-state index in [1.165, 1.54) is 12.1 Å². The first kappa shape index (κ1) is 13.6. The fourth-order valence-electron chi connectivity index (χ4n) is 1.66. The van der Waals surface area contributed by atoms with Crippen molar-refractivity contribution in [1.29, 1.82) is 0 Å². The fraction of sp³-hybridized carbons (Fsp3) is 0.308. The third-order valence-electron chi connectivity index (χ3n) is 2.55. The number of nitro benzene ring substituents is 1. The number of ether oxygens (including phenoxy) is 1. The Bertz CT molecular complexity index is 537. The molecule has 2 rings (SSSR count). The standard InChI is InChI=1S/C13H14N2O3S/c1-3-18-13-9(2)19-12(14-13)8-10-4-6-11(7-5-10)15(16)17/h4-9H,3H2,1-2H3/b12-8-. The Labute approximate surface area is 115 Å². The summed E-state index contributed by atoms with van der Waals surface area (Å²) in [6.45, 7) is 4.57. The topological polar surface area (TPSA) is 64.7 Å². The van der Waals surface area contributed by atoms with Gasteiger partial charge in [0.15, 0.2) is 0 Å². The molecule has 6 heteroatoms. The highest BCUT2D eigenvalue weighted by molar-refractivity contribution is 8.04. The summed E-state index contributed by atoms with van der Waals surface area (Å²) in [5, 5.41) is 11.6. The molecule has 0 spiro atoms. The first-order valence-corrected chi connectivity index (χ1v) is 6.82. The van der Waals surface area contributed by atoms with Gasteiger partial charge in [0.1, 0.15) is 5.03 Å². The maximum absolute atomic E-state index is 10.6. The normalized spacial score (nSPS) is 20.4. The van der Waals surface area contributed by atoms with E-state index < -0.39 is 4.92 Å². The van der Waals surface area contributed by atoms with Crippen LogP contribution in [0.1, 0.15) is 19.4 Å². The lowest BCUT2D eigenvalue weighted by atomic mass is 10.2. The van der Waals surface area contributed by atoms with Crippen molar-refractivity contribution in [2.24, 2.45) is 4.99 Å². The second-order valence-corrected chi connectivity index (χ2v) is 5.34. The molecular formula is C13H14N2O3S. The molecule has 1 atom stereocenters. The largest absolute Gasteiger partial charge is 0.480 e. The van der Waals surface area contributed by atoms with Crippen LogP contribution in [0.4, 0.5) is 5.69 Å². The van der Waals surface area contributed by atoms with Crippen LogP contribution in [0.2, 0.25) is 0 Å². The molecule has 0 saturated carbocycles. The number of hydrogen-bond acceptors (Lipinski definition) is 5. The Balaban J connectivity index is 2.16. The van der Waals surface area contributed by atoms with Gasteiger partial charge >= 0.3 is 0 Å². The number of benzene rings is 1. The Morgan fingerprint density at radius 2 is 2.16 bits per heavy atom. The first-order chi connectivity index (χ1) is 9.10. The van der Waals surface area contributed by atoms with Crippen molar-refractivity contribution in [3.8, 4) is 0 Å². The van der Waals surface area contributed by atoms with E-state index >= 15 is 0 Å². The van der Waals surface area contributed by atoms with E-state index in [1.807, 2.05) is 19.9 Å². The number of aliphatic imine (C=N–C) groups is 1. The maximum atomic E-state index is 10.6. The van der Waals surface area contributed by atoms with Crippen LogP contribution < -0.4 is 0 Å². The zero-order valence-corrected chi connectivity index (χ0v) is 11.5. The maximum Gasteiger partial charge on any atom is 0.269 e. The molecule has 100 valence electrons. The van der Waals surface area contributed by atoms with Gasteiger partial charge in [-0.05, 0) is 37.6 Å². The second-order valence-electron chi connectivity index (χ2n) is 3.97. The third kappa shape index (κ3) is 3.35. The van der Waals surface area contributed by atoms with E-state index in [4.69, 9.17) is 4.74 Å². The monoisotopic (exact) mass is 278 g/mol. The highest BCUT2D eigenvalue weighted by atomic mass is 32.2. The molecule has 0 amide bonds. The van der Waals surface area contributed by atoms with Crippen LogP contribution in [0.15, 0.2) is 34.3 Å². The van der Waals surface area contributed by atoms with Gasteiger partial charge in [-0.15, -0.1) is 0 Å². The van der Waals surface area contributed by atoms with E-state index in [1.54, 1.807) is 23.9 Å². The smallest absolute Gasteiger partial charge is 0.269 e. The molecule has 1 aliphatic rings. The van der Waals surface area contributed by atoms with Gasteiger partial charge in [-0.25, -0.2) is 4.99 Å². The fourth-order valence-corrected chi connectivity index (χ4v) is 2.59. The molecule has 1 heterocycles. The average Bonchev–Trinajstić information content (AvgIpc) is 2.71. The minimum atomic E-state index is -0.408. The van der Waals surface area contributed by atoms with Gasteiger partial charge in [-0.2, -0.15) is 0 Å². The molecule has 1 aliphatic heterocycles. The summed E-state index contributed by atoms with van der Waals surface area (Å²) >= 11 is 1.62. The zero-order valence-electron chi connectivity index (χ0n) is 10.7. The predicted octanol–water partition coefficient (Wildman–Crippen LogP) is 3.46. The van der Waals surface area contributed by atoms with Gasteiger partial charge in [0.25, 0.3) is 5.69 Å². The molecule has 19 heavy (non-hydrogen) atoms. The summed E-state index contributed by atoms with van der Waals surface area (Å²) in [5.41, 5.74) is 0.981. The lowest BCUT2D eigenvalue weighted by Crippen LogP contribution is -2.12. The first-order valence-electron chi connectivity index (χ1n) is 5.94. The molecule has 0 aliphatic carbocycles. The molecule has 1 aromatic carbocycles. The molecule has 0 radical (unpaired) electrons. The van der Waals surface area contributed by atoms with Crippen molar-refractivity contribution >= 4 is 29.4 Å². The Hall–Kier alpha value is -1.82. The van der Waals surface area contributed by atoms with E-state index in [-0.39, 0.29) is 10.9 Å². The van der Waals surface area contributed by atoms with Gasteiger partial charge in [0, 0.05) is 12.1 Å². The highest BCUT2D eigenvalue weighted by Crippen LogP contribution is 2.33. The summed E-state index contributed by atoms with van der Waals surface area (Å²) < 4.78 is 5.43. The summed E-state index contributed by atoms with van der Waals surface area (Å²) in [7, 11) is 0. The van der Waals surface area contributed by atoms with Crippen LogP contribution >= 0.6 is 11.8 Å². The number of non-ortho nitro benzene ring substituents is 1. The van der Waals surface area contributed by atoms with Crippen LogP contribution in [0.5, 0.6) is 0 Å². The molecular weight excluding hydrogens is 264 g/mol. The van der Waals surface area contributed by atoms with E-state index in [2.05, 4.69) is 4.99 Å². The second kappa shape index (κ2) is 5.88. The zero-order chi connectivity index (χ0) is 13.8. The van der Waals surface area contributed by atoms with Gasteiger partial charge in [-0.3, -0.25) is 10.1 Å². The Kier molecular flexibility index (Phi) is 4.21. The number of nitro groups is 1. The molecule has 0 N–H and O–H groups in total. The van der Waals surface area contributed by atoms with Gasteiger partial charge in [0.05, 0.1) is 16.8 Å². The molecule has 1 unspecified atom stereocenters. The van der Waals surface area contributed by atoms with E-state index in [0.717, 1.165) is 16.5 Å². The van der Waals surface area contributed by atoms with Crippen LogP contribution in [0.25, 0.3) is 6.08 Å².